The molecule has 1 N–H and O–H groups in total. The molecule has 2 nitrogen and oxygen atoms in total. The van der Waals surface area contributed by atoms with Crippen molar-refractivity contribution in [2.75, 3.05) is 0 Å². The monoisotopic (exact) mass is 280 g/mol. The van der Waals surface area contributed by atoms with Crippen LogP contribution in [0.15, 0.2) is 11.1 Å². The standard InChI is InChI=1S/C14H20O2.2C2H6/c1-9(2)6-7-11-10(3)13(16)12(15)8-14(11,4)5;2*1-2/h9,12,15H,8H2,1-5H3;2*1-2H3. The molecule has 0 spiro atoms. The Morgan fingerprint density at radius 2 is 1.65 bits per heavy atom. The average molecular weight is 280 g/mol. The van der Waals surface area contributed by atoms with E-state index in [1.54, 1.807) is 6.92 Å². The number of hydrogen-bond acceptors (Lipinski definition) is 2. The molecule has 0 saturated heterocycles. The second-order valence-electron chi connectivity index (χ2n) is 5.39. The summed E-state index contributed by atoms with van der Waals surface area (Å²) < 4.78 is 0. The summed E-state index contributed by atoms with van der Waals surface area (Å²) in [5.74, 6) is 6.32. The van der Waals surface area contributed by atoms with Gasteiger partial charge < -0.3 is 5.11 Å². The fraction of sp³-hybridized carbons (Fsp3) is 0.722. The first-order valence-corrected chi connectivity index (χ1v) is 7.71. The number of aliphatic hydroxyl groups excluding tert-OH is 1. The Morgan fingerprint density at radius 1 is 1.20 bits per heavy atom. The first-order valence-electron chi connectivity index (χ1n) is 7.71. The molecule has 0 amide bonds. The van der Waals surface area contributed by atoms with E-state index in [0.29, 0.717) is 12.0 Å². The van der Waals surface area contributed by atoms with Crippen LogP contribution in [0.2, 0.25) is 0 Å². The van der Waals surface area contributed by atoms with Gasteiger partial charge in [0.2, 0.25) is 0 Å². The Balaban J connectivity index is 0. The summed E-state index contributed by atoms with van der Waals surface area (Å²) in [6.07, 6.45) is -0.398. The van der Waals surface area contributed by atoms with Crippen molar-refractivity contribution in [2.45, 2.75) is 74.8 Å². The van der Waals surface area contributed by atoms with Crippen molar-refractivity contribution in [3.63, 3.8) is 0 Å². The largest absolute Gasteiger partial charge is 0.385 e. The van der Waals surface area contributed by atoms with E-state index in [0.717, 1.165) is 5.57 Å². The zero-order valence-electron chi connectivity index (χ0n) is 14.7. The molecule has 0 aromatic carbocycles. The van der Waals surface area contributed by atoms with Crippen molar-refractivity contribution in [3.05, 3.63) is 11.1 Å². The Morgan fingerprint density at radius 3 is 2.05 bits per heavy atom. The van der Waals surface area contributed by atoms with E-state index < -0.39 is 6.10 Å². The van der Waals surface area contributed by atoms with Gasteiger partial charge in [-0.25, -0.2) is 0 Å². The SMILES string of the molecule is CC.CC.CC1=C(C#CC(C)C)C(C)(C)CC(O)C1=O. The molecule has 20 heavy (non-hydrogen) atoms. The molecule has 1 unspecified atom stereocenters. The maximum atomic E-state index is 11.7. The highest BCUT2D eigenvalue weighted by molar-refractivity contribution is 6.00. The van der Waals surface area contributed by atoms with Crippen molar-refractivity contribution in [1.29, 1.82) is 0 Å². The summed E-state index contributed by atoms with van der Waals surface area (Å²) >= 11 is 0. The molecule has 1 rings (SSSR count). The van der Waals surface area contributed by atoms with Crippen LogP contribution < -0.4 is 0 Å². The summed E-state index contributed by atoms with van der Waals surface area (Å²) in [4.78, 5) is 11.7. The van der Waals surface area contributed by atoms with Crippen LogP contribution in [-0.4, -0.2) is 17.0 Å². The van der Waals surface area contributed by atoms with Crippen LogP contribution in [-0.2, 0) is 4.79 Å². The minimum atomic E-state index is -0.861. The van der Waals surface area contributed by atoms with Crippen LogP contribution in [0.5, 0.6) is 0 Å². The van der Waals surface area contributed by atoms with Crippen LogP contribution in [0.25, 0.3) is 0 Å². The lowest BCUT2D eigenvalue weighted by Crippen LogP contribution is -2.35. The number of aliphatic hydroxyl groups is 1. The lowest BCUT2D eigenvalue weighted by atomic mass is 9.71. The zero-order chi connectivity index (χ0) is 16.5. The van der Waals surface area contributed by atoms with Crippen LogP contribution >= 0.6 is 0 Å². The van der Waals surface area contributed by atoms with Crippen molar-refractivity contribution < 1.29 is 9.90 Å². The Bertz CT molecular complexity index is 389. The van der Waals surface area contributed by atoms with Gasteiger partial charge in [-0.1, -0.05) is 67.2 Å². The third kappa shape index (κ3) is 5.92. The molecule has 1 atom stereocenters. The van der Waals surface area contributed by atoms with E-state index in [1.807, 2.05) is 55.4 Å². The van der Waals surface area contributed by atoms with Gasteiger partial charge in [-0.15, -0.1) is 0 Å². The molecular formula is C18H32O2. The quantitative estimate of drug-likeness (QED) is 0.669. The molecule has 1 aliphatic carbocycles. The molecular weight excluding hydrogens is 248 g/mol. The molecule has 0 fully saturated rings. The first-order chi connectivity index (χ1) is 9.25. The molecule has 0 bridgehead atoms. The van der Waals surface area contributed by atoms with E-state index in [9.17, 15) is 9.90 Å². The van der Waals surface area contributed by atoms with Crippen LogP contribution in [0.4, 0.5) is 0 Å². The molecule has 1 aliphatic rings. The predicted molar refractivity (Wildman–Crippen MR) is 87.4 cm³/mol. The average Bonchev–Trinajstić information content (AvgIpc) is 2.39. The third-order valence-corrected chi connectivity index (χ3v) is 2.91. The zero-order valence-corrected chi connectivity index (χ0v) is 14.7. The van der Waals surface area contributed by atoms with Gasteiger partial charge in [-0.05, 0) is 13.3 Å². The first kappa shape index (κ1) is 21.2. The molecule has 0 aliphatic heterocycles. The molecule has 0 saturated carbocycles. The molecule has 0 aromatic heterocycles. The van der Waals surface area contributed by atoms with E-state index in [4.69, 9.17) is 0 Å². The number of hydrogen-bond donors (Lipinski definition) is 1. The van der Waals surface area contributed by atoms with Gasteiger partial charge in [0.05, 0.1) is 0 Å². The van der Waals surface area contributed by atoms with Crippen LogP contribution in [0, 0.1) is 23.2 Å². The van der Waals surface area contributed by atoms with Crippen LogP contribution in [0.1, 0.15) is 68.7 Å². The molecule has 0 aromatic rings. The number of Topliss-reactive ketones (excluding diaryl/α,β-unsaturated/α-hetero) is 1. The van der Waals surface area contributed by atoms with E-state index in [2.05, 4.69) is 11.8 Å². The summed E-state index contributed by atoms with van der Waals surface area (Å²) in [6, 6.07) is 0. The summed E-state index contributed by atoms with van der Waals surface area (Å²) in [5.41, 5.74) is 1.30. The minimum Gasteiger partial charge on any atom is -0.385 e. The Labute approximate surface area is 125 Å². The summed E-state index contributed by atoms with van der Waals surface area (Å²) in [7, 11) is 0. The predicted octanol–water partition coefficient (Wildman–Crippen LogP) is 4.37. The van der Waals surface area contributed by atoms with Crippen molar-refractivity contribution in [2.24, 2.45) is 11.3 Å². The molecule has 116 valence electrons. The minimum absolute atomic E-state index is 0.174. The molecule has 0 heterocycles. The van der Waals surface area contributed by atoms with Gasteiger partial charge in [-0.2, -0.15) is 0 Å². The van der Waals surface area contributed by atoms with E-state index in [1.165, 1.54) is 0 Å². The molecule has 0 radical (unpaired) electrons. The van der Waals surface area contributed by atoms with Crippen molar-refractivity contribution >= 4 is 5.78 Å². The Kier molecular flexibility index (Phi) is 10.4. The third-order valence-electron chi connectivity index (χ3n) is 2.91. The number of rotatable bonds is 0. The summed E-state index contributed by atoms with van der Waals surface area (Å²) in [6.45, 7) is 17.9. The van der Waals surface area contributed by atoms with E-state index in [-0.39, 0.29) is 17.1 Å². The number of ketones is 1. The lowest BCUT2D eigenvalue weighted by molar-refractivity contribution is -0.125. The van der Waals surface area contributed by atoms with Gasteiger partial charge in [0.25, 0.3) is 0 Å². The number of allylic oxidation sites excluding steroid dienone is 1. The van der Waals surface area contributed by atoms with E-state index >= 15 is 0 Å². The normalized spacial score (nSPS) is 20.1. The highest BCUT2D eigenvalue weighted by Crippen LogP contribution is 2.38. The second-order valence-corrected chi connectivity index (χ2v) is 5.39. The summed E-state index contributed by atoms with van der Waals surface area (Å²) in [5, 5.41) is 9.65. The number of carbonyl (C=O) groups is 1. The maximum Gasteiger partial charge on any atom is 0.187 e. The van der Waals surface area contributed by atoms with Gasteiger partial charge in [-0.3, -0.25) is 4.79 Å². The topological polar surface area (TPSA) is 37.3 Å². The second kappa shape index (κ2) is 9.77. The highest BCUT2D eigenvalue weighted by Gasteiger charge is 2.37. The Hall–Kier alpha value is -1.07. The fourth-order valence-corrected chi connectivity index (χ4v) is 2.04. The number of carbonyl (C=O) groups excluding carboxylic acids is 1. The lowest BCUT2D eigenvalue weighted by Gasteiger charge is -2.33. The smallest absolute Gasteiger partial charge is 0.187 e. The van der Waals surface area contributed by atoms with Gasteiger partial charge in [0, 0.05) is 22.5 Å². The fourth-order valence-electron chi connectivity index (χ4n) is 2.04. The van der Waals surface area contributed by atoms with Crippen LogP contribution in [0.3, 0.4) is 0 Å². The highest BCUT2D eigenvalue weighted by atomic mass is 16.3. The molecule has 2 heteroatoms. The van der Waals surface area contributed by atoms with Gasteiger partial charge >= 0.3 is 0 Å². The maximum absolute atomic E-state index is 11.7. The van der Waals surface area contributed by atoms with Crippen molar-refractivity contribution in [3.8, 4) is 11.8 Å². The van der Waals surface area contributed by atoms with Gasteiger partial charge in [0.15, 0.2) is 5.78 Å². The van der Waals surface area contributed by atoms with Crippen molar-refractivity contribution in [1.82, 2.24) is 0 Å². The van der Waals surface area contributed by atoms with Gasteiger partial charge in [0.1, 0.15) is 6.10 Å².